The van der Waals surface area contributed by atoms with E-state index in [1.165, 1.54) is 4.31 Å². The van der Waals surface area contributed by atoms with Crippen LogP contribution in [0.5, 0.6) is 0 Å². The first-order chi connectivity index (χ1) is 13.3. The van der Waals surface area contributed by atoms with E-state index in [2.05, 4.69) is 4.72 Å². The van der Waals surface area contributed by atoms with Gasteiger partial charge in [0.25, 0.3) is 0 Å². The molecule has 0 fully saturated rings. The van der Waals surface area contributed by atoms with Crippen molar-refractivity contribution < 1.29 is 16.8 Å². The normalized spacial score (nSPS) is 15.2. The molecule has 0 saturated carbocycles. The molecule has 152 valence electrons. The number of nitrogens with zero attached hydrogens (tertiary/aromatic N) is 1. The van der Waals surface area contributed by atoms with Gasteiger partial charge in [-0.2, -0.15) is 4.31 Å². The van der Waals surface area contributed by atoms with Gasteiger partial charge in [-0.15, -0.1) is 0 Å². The molecule has 1 N–H and O–H groups in total. The zero-order valence-electron chi connectivity index (χ0n) is 16.0. The molecular formula is C20H26N2O4S2. The maximum absolute atomic E-state index is 12.4. The molecule has 1 aliphatic rings. The van der Waals surface area contributed by atoms with Crippen LogP contribution in [-0.2, 0) is 39.4 Å². The number of fused-ring (bicyclic) bond motifs is 1. The molecule has 28 heavy (non-hydrogen) atoms. The Kier molecular flexibility index (Phi) is 6.42. The fourth-order valence-electron chi connectivity index (χ4n) is 3.35. The van der Waals surface area contributed by atoms with Crippen molar-refractivity contribution >= 4 is 25.7 Å². The maximum Gasteiger partial charge on any atom is 0.233 e. The summed E-state index contributed by atoms with van der Waals surface area (Å²) < 4.78 is 53.7. The molecule has 6 nitrogen and oxygen atoms in total. The van der Waals surface area contributed by atoms with Gasteiger partial charge in [0.1, 0.15) is 0 Å². The van der Waals surface area contributed by atoms with Gasteiger partial charge >= 0.3 is 0 Å². The van der Waals surface area contributed by atoms with Crippen LogP contribution < -0.4 is 4.72 Å². The van der Waals surface area contributed by atoms with Gasteiger partial charge in [-0.1, -0.05) is 43.3 Å². The molecule has 2 aromatic rings. The monoisotopic (exact) mass is 422 g/mol. The second kappa shape index (κ2) is 8.63. The summed E-state index contributed by atoms with van der Waals surface area (Å²) in [6, 6.07) is 14.9. The first kappa shape index (κ1) is 20.8. The average molecular weight is 423 g/mol. The lowest BCUT2D eigenvalue weighted by atomic mass is 10.0. The molecule has 0 aromatic heterocycles. The van der Waals surface area contributed by atoms with Crippen LogP contribution in [0.4, 0.5) is 5.69 Å². The number of anilines is 1. The highest BCUT2D eigenvalue weighted by Gasteiger charge is 2.26. The molecule has 0 aliphatic carbocycles. The van der Waals surface area contributed by atoms with Crippen molar-refractivity contribution in [3.8, 4) is 0 Å². The van der Waals surface area contributed by atoms with Gasteiger partial charge in [-0.3, -0.25) is 4.72 Å². The summed E-state index contributed by atoms with van der Waals surface area (Å²) in [4.78, 5) is 0. The van der Waals surface area contributed by atoms with E-state index in [4.69, 9.17) is 0 Å². The SMILES string of the molecule is CCCS(=O)(=O)N1CCc2ccc(NS(=O)(=O)CCc3ccccc3)cc2C1. The zero-order chi connectivity index (χ0) is 20.2. The molecule has 0 radical (unpaired) electrons. The van der Waals surface area contributed by atoms with Gasteiger partial charge in [0.05, 0.1) is 11.5 Å². The van der Waals surface area contributed by atoms with Crippen LogP contribution in [-0.4, -0.2) is 39.2 Å². The Balaban J connectivity index is 1.69. The van der Waals surface area contributed by atoms with E-state index < -0.39 is 20.0 Å². The molecule has 0 spiro atoms. The third-order valence-corrected chi connectivity index (χ3v) is 8.13. The van der Waals surface area contributed by atoms with Crippen molar-refractivity contribution in [2.24, 2.45) is 0 Å². The lowest BCUT2D eigenvalue weighted by Gasteiger charge is -2.28. The smallest absolute Gasteiger partial charge is 0.233 e. The van der Waals surface area contributed by atoms with E-state index in [1.807, 2.05) is 43.3 Å². The van der Waals surface area contributed by atoms with Crippen molar-refractivity contribution in [3.05, 3.63) is 65.2 Å². The Labute approximate surface area is 167 Å². The van der Waals surface area contributed by atoms with Gasteiger partial charge in [-0.25, -0.2) is 16.8 Å². The third-order valence-electron chi connectivity index (χ3n) is 4.81. The summed E-state index contributed by atoms with van der Waals surface area (Å²) in [5, 5.41) is 0. The number of rotatable bonds is 8. The number of nitrogens with one attached hydrogen (secondary N) is 1. The molecule has 0 bridgehead atoms. The molecule has 0 saturated heterocycles. The molecular weight excluding hydrogens is 396 g/mol. The standard InChI is InChI=1S/C20H26N2O4S2/c1-2-13-28(25,26)22-12-10-18-8-9-20(15-19(18)16-22)21-27(23,24)14-11-17-6-4-3-5-7-17/h3-9,15,21H,2,10-14,16H2,1H3. The lowest BCUT2D eigenvalue weighted by molar-refractivity contribution is 0.391. The van der Waals surface area contributed by atoms with Crippen LogP contribution in [0, 0.1) is 0 Å². The highest BCUT2D eigenvalue weighted by atomic mass is 32.2. The summed E-state index contributed by atoms with van der Waals surface area (Å²) in [6.45, 7) is 2.60. The van der Waals surface area contributed by atoms with E-state index in [0.29, 0.717) is 31.5 Å². The second-order valence-electron chi connectivity index (χ2n) is 7.04. The Hall–Kier alpha value is -1.90. The van der Waals surface area contributed by atoms with Crippen LogP contribution in [0.2, 0.25) is 0 Å². The van der Waals surface area contributed by atoms with Crippen LogP contribution in [0.25, 0.3) is 0 Å². The minimum atomic E-state index is -3.49. The van der Waals surface area contributed by atoms with Crippen molar-refractivity contribution in [2.45, 2.75) is 32.7 Å². The first-order valence-corrected chi connectivity index (χ1v) is 12.7. The fraction of sp³-hybridized carbons (Fsp3) is 0.400. The quantitative estimate of drug-likeness (QED) is 0.709. The number of hydrogen-bond acceptors (Lipinski definition) is 4. The molecule has 1 aliphatic heterocycles. The van der Waals surface area contributed by atoms with E-state index in [9.17, 15) is 16.8 Å². The largest absolute Gasteiger partial charge is 0.284 e. The number of benzene rings is 2. The predicted molar refractivity (Wildman–Crippen MR) is 112 cm³/mol. The third kappa shape index (κ3) is 5.33. The minimum absolute atomic E-state index is 0.00883. The molecule has 0 atom stereocenters. The van der Waals surface area contributed by atoms with Gasteiger partial charge in [0, 0.05) is 18.8 Å². The minimum Gasteiger partial charge on any atom is -0.284 e. The number of aryl methyl sites for hydroxylation is 1. The van der Waals surface area contributed by atoms with E-state index in [-0.39, 0.29) is 18.1 Å². The van der Waals surface area contributed by atoms with Crippen molar-refractivity contribution in [3.63, 3.8) is 0 Å². The fourth-order valence-corrected chi connectivity index (χ4v) is 5.92. The second-order valence-corrected chi connectivity index (χ2v) is 11.0. The van der Waals surface area contributed by atoms with Crippen LogP contribution in [0.1, 0.15) is 30.0 Å². The van der Waals surface area contributed by atoms with E-state index in [0.717, 1.165) is 16.7 Å². The van der Waals surface area contributed by atoms with Crippen LogP contribution >= 0.6 is 0 Å². The maximum atomic E-state index is 12.4. The van der Waals surface area contributed by atoms with Crippen LogP contribution in [0.15, 0.2) is 48.5 Å². The Morgan fingerprint density at radius 2 is 1.71 bits per heavy atom. The van der Waals surface area contributed by atoms with Gasteiger partial charge in [-0.05, 0) is 48.1 Å². The summed E-state index contributed by atoms with van der Waals surface area (Å²) in [5.41, 5.74) is 3.36. The number of hydrogen-bond donors (Lipinski definition) is 1. The molecule has 2 aromatic carbocycles. The molecule has 8 heteroatoms. The summed E-state index contributed by atoms with van der Waals surface area (Å²) in [6.07, 6.45) is 1.65. The summed E-state index contributed by atoms with van der Waals surface area (Å²) >= 11 is 0. The first-order valence-electron chi connectivity index (χ1n) is 9.43. The molecule has 1 heterocycles. The lowest BCUT2D eigenvalue weighted by Crippen LogP contribution is -2.37. The van der Waals surface area contributed by atoms with Gasteiger partial charge in [0.2, 0.25) is 20.0 Å². The summed E-state index contributed by atoms with van der Waals surface area (Å²) in [5.74, 6) is 0.124. The van der Waals surface area contributed by atoms with E-state index >= 15 is 0 Å². The molecule has 3 rings (SSSR count). The van der Waals surface area contributed by atoms with Gasteiger partial charge in [0.15, 0.2) is 0 Å². The number of sulfonamides is 2. The van der Waals surface area contributed by atoms with Crippen LogP contribution in [0.3, 0.4) is 0 Å². The highest BCUT2D eigenvalue weighted by molar-refractivity contribution is 7.92. The Bertz CT molecular complexity index is 1020. The zero-order valence-corrected chi connectivity index (χ0v) is 17.6. The van der Waals surface area contributed by atoms with E-state index in [1.54, 1.807) is 12.1 Å². The van der Waals surface area contributed by atoms with Crippen molar-refractivity contribution in [2.75, 3.05) is 22.8 Å². The van der Waals surface area contributed by atoms with Crippen molar-refractivity contribution in [1.82, 2.24) is 4.31 Å². The molecule has 0 amide bonds. The Morgan fingerprint density at radius 3 is 2.43 bits per heavy atom. The average Bonchev–Trinajstić information content (AvgIpc) is 2.66. The highest BCUT2D eigenvalue weighted by Crippen LogP contribution is 2.25. The molecule has 0 unspecified atom stereocenters. The Morgan fingerprint density at radius 1 is 0.964 bits per heavy atom. The van der Waals surface area contributed by atoms with Crippen molar-refractivity contribution in [1.29, 1.82) is 0 Å². The topological polar surface area (TPSA) is 83.6 Å². The predicted octanol–water partition coefficient (Wildman–Crippen LogP) is 2.77. The van der Waals surface area contributed by atoms with Gasteiger partial charge < -0.3 is 0 Å². The summed E-state index contributed by atoms with van der Waals surface area (Å²) in [7, 11) is -6.76.